The van der Waals surface area contributed by atoms with Crippen LogP contribution in [0.25, 0.3) is 16.8 Å². The summed E-state index contributed by atoms with van der Waals surface area (Å²) in [5.74, 6) is 0.884. The fourth-order valence-electron chi connectivity index (χ4n) is 3.55. The van der Waals surface area contributed by atoms with Crippen molar-refractivity contribution < 1.29 is 9.53 Å². The largest absolute Gasteiger partial charge is 0.497 e. The first-order valence-corrected chi connectivity index (χ1v) is 12.3. The molecule has 6 nitrogen and oxygen atoms in total. The number of benzene rings is 2. The molecule has 0 bridgehead atoms. The summed E-state index contributed by atoms with van der Waals surface area (Å²) in [6, 6.07) is 17.0. The lowest BCUT2D eigenvalue weighted by Gasteiger charge is -2.19. The van der Waals surface area contributed by atoms with Crippen LogP contribution in [0.1, 0.15) is 32.2 Å². The Kier molecular flexibility index (Phi) is 6.86. The number of hydrogen-bond acceptors (Lipinski definition) is 5. The molecule has 0 aliphatic carbocycles. The second-order valence-corrected chi connectivity index (χ2v) is 10.4. The van der Waals surface area contributed by atoms with Crippen LogP contribution in [0.15, 0.2) is 59.6 Å². The predicted octanol–water partition coefficient (Wildman–Crippen LogP) is 6.40. The minimum Gasteiger partial charge on any atom is -0.497 e. The molecule has 2 aromatic heterocycles. The molecule has 0 unspecified atom stereocenters. The van der Waals surface area contributed by atoms with Crippen LogP contribution in [0.3, 0.4) is 0 Å². The molecule has 4 rings (SSSR count). The van der Waals surface area contributed by atoms with Crippen LogP contribution in [0.4, 0.5) is 5.69 Å². The summed E-state index contributed by atoms with van der Waals surface area (Å²) < 4.78 is 7.00. The standard InChI is InChI=1S/C26H27ClN4O2S/c1-16-24(17-6-8-18(27)9-7-17)25-29-21(26(2,3)4)14-23(31(25)30-16)34-15-22(32)28-19-10-12-20(33-5)13-11-19/h6-14H,15H2,1-5H3,(H,28,32). The molecule has 1 amide bonds. The lowest BCUT2D eigenvalue weighted by molar-refractivity contribution is -0.113. The summed E-state index contributed by atoms with van der Waals surface area (Å²) in [4.78, 5) is 17.6. The SMILES string of the molecule is COc1ccc(NC(=O)CSc2cc(C(C)(C)C)nc3c(-c4ccc(Cl)cc4)c(C)nn23)cc1. The zero-order valence-electron chi connectivity index (χ0n) is 19.8. The minimum atomic E-state index is -0.169. The van der Waals surface area contributed by atoms with Crippen LogP contribution >= 0.6 is 23.4 Å². The van der Waals surface area contributed by atoms with Gasteiger partial charge in [-0.1, -0.05) is 56.3 Å². The first-order chi connectivity index (χ1) is 16.2. The van der Waals surface area contributed by atoms with Crippen LogP contribution < -0.4 is 10.1 Å². The van der Waals surface area contributed by atoms with Gasteiger partial charge in [0.2, 0.25) is 5.91 Å². The molecule has 34 heavy (non-hydrogen) atoms. The summed E-state index contributed by atoms with van der Waals surface area (Å²) in [5, 5.41) is 9.25. The van der Waals surface area contributed by atoms with Crippen molar-refractivity contribution in [1.82, 2.24) is 14.6 Å². The number of ether oxygens (including phenoxy) is 1. The van der Waals surface area contributed by atoms with Gasteiger partial charge in [0.25, 0.3) is 0 Å². The lowest BCUT2D eigenvalue weighted by Crippen LogP contribution is -2.17. The number of amides is 1. The van der Waals surface area contributed by atoms with E-state index in [1.54, 1.807) is 7.11 Å². The van der Waals surface area contributed by atoms with E-state index in [1.807, 2.05) is 66.0 Å². The quantitative estimate of drug-likeness (QED) is 0.248. The number of nitrogens with one attached hydrogen (secondary N) is 1. The van der Waals surface area contributed by atoms with Crippen LogP contribution in [0, 0.1) is 6.92 Å². The van der Waals surface area contributed by atoms with Crippen molar-refractivity contribution in [3.63, 3.8) is 0 Å². The van der Waals surface area contributed by atoms with Crippen LogP contribution in [0.5, 0.6) is 5.75 Å². The van der Waals surface area contributed by atoms with E-state index in [4.69, 9.17) is 26.4 Å². The highest BCUT2D eigenvalue weighted by Gasteiger charge is 2.22. The number of fused-ring (bicyclic) bond motifs is 1. The number of anilines is 1. The zero-order chi connectivity index (χ0) is 24.5. The predicted molar refractivity (Wildman–Crippen MR) is 139 cm³/mol. The molecule has 0 aliphatic heterocycles. The van der Waals surface area contributed by atoms with Crippen molar-refractivity contribution in [2.75, 3.05) is 18.2 Å². The van der Waals surface area contributed by atoms with Crippen molar-refractivity contribution >= 4 is 40.6 Å². The Hall–Kier alpha value is -3.03. The number of aryl methyl sites for hydroxylation is 1. The van der Waals surface area contributed by atoms with Gasteiger partial charge in [0.1, 0.15) is 10.8 Å². The van der Waals surface area contributed by atoms with E-state index < -0.39 is 0 Å². The van der Waals surface area contributed by atoms with Gasteiger partial charge in [-0.2, -0.15) is 5.10 Å². The summed E-state index contributed by atoms with van der Waals surface area (Å²) in [6.45, 7) is 8.35. The Balaban J connectivity index is 1.66. The molecule has 0 spiro atoms. The van der Waals surface area contributed by atoms with Gasteiger partial charge in [-0.25, -0.2) is 9.50 Å². The van der Waals surface area contributed by atoms with Crippen LogP contribution in [-0.2, 0) is 10.2 Å². The van der Waals surface area contributed by atoms with E-state index in [0.717, 1.165) is 44.6 Å². The zero-order valence-corrected chi connectivity index (χ0v) is 21.4. The molecule has 176 valence electrons. The molecule has 8 heteroatoms. The average Bonchev–Trinajstić information content (AvgIpc) is 3.14. The third-order valence-electron chi connectivity index (χ3n) is 5.36. The van der Waals surface area contributed by atoms with Gasteiger partial charge in [-0.3, -0.25) is 4.79 Å². The normalized spacial score (nSPS) is 11.6. The Bertz CT molecular complexity index is 1330. The number of aromatic nitrogens is 3. The molecule has 0 fully saturated rings. The van der Waals surface area contributed by atoms with Crippen molar-refractivity contribution in [2.24, 2.45) is 0 Å². The number of hydrogen-bond donors (Lipinski definition) is 1. The molecule has 2 heterocycles. The first kappa shape index (κ1) is 24.1. The number of thioether (sulfide) groups is 1. The van der Waals surface area contributed by atoms with Crippen LogP contribution in [0.2, 0.25) is 5.02 Å². The van der Waals surface area contributed by atoms with Crippen LogP contribution in [-0.4, -0.2) is 33.4 Å². The third-order valence-corrected chi connectivity index (χ3v) is 6.60. The molecule has 0 radical (unpaired) electrons. The monoisotopic (exact) mass is 494 g/mol. The maximum atomic E-state index is 12.7. The van der Waals surface area contributed by atoms with E-state index in [-0.39, 0.29) is 17.1 Å². The molecule has 2 aromatic carbocycles. The highest BCUT2D eigenvalue weighted by Crippen LogP contribution is 2.33. The summed E-state index contributed by atoms with van der Waals surface area (Å²) >= 11 is 7.54. The Morgan fingerprint density at radius 1 is 1.12 bits per heavy atom. The number of carbonyl (C=O) groups excluding carboxylic acids is 1. The Labute approximate surface area is 208 Å². The van der Waals surface area contributed by atoms with E-state index in [0.29, 0.717) is 5.02 Å². The smallest absolute Gasteiger partial charge is 0.234 e. The first-order valence-electron chi connectivity index (χ1n) is 10.9. The summed E-state index contributed by atoms with van der Waals surface area (Å²) in [7, 11) is 1.61. The van der Waals surface area contributed by atoms with Crippen molar-refractivity contribution in [3.05, 3.63) is 71.0 Å². The van der Waals surface area contributed by atoms with E-state index in [1.165, 1.54) is 11.8 Å². The second kappa shape index (κ2) is 9.68. The molecule has 0 atom stereocenters. The number of nitrogens with zero attached hydrogens (tertiary/aromatic N) is 3. The third kappa shape index (κ3) is 5.21. The van der Waals surface area contributed by atoms with E-state index >= 15 is 0 Å². The molecule has 4 aromatic rings. The maximum absolute atomic E-state index is 12.7. The molecular weight excluding hydrogens is 468 g/mol. The van der Waals surface area contributed by atoms with Crippen molar-refractivity contribution in [3.8, 4) is 16.9 Å². The fraction of sp³-hybridized carbons (Fsp3) is 0.269. The van der Waals surface area contributed by atoms with Gasteiger partial charge in [-0.15, -0.1) is 0 Å². The van der Waals surface area contributed by atoms with Gasteiger partial charge in [0.15, 0.2) is 5.65 Å². The van der Waals surface area contributed by atoms with Gasteiger partial charge < -0.3 is 10.1 Å². The molecular formula is C26H27ClN4O2S. The number of carbonyl (C=O) groups is 1. The van der Waals surface area contributed by atoms with E-state index in [9.17, 15) is 4.79 Å². The molecule has 0 saturated heterocycles. The topological polar surface area (TPSA) is 68.5 Å². The van der Waals surface area contributed by atoms with Gasteiger partial charge in [0.05, 0.1) is 24.3 Å². The molecule has 1 N–H and O–H groups in total. The molecule has 0 saturated carbocycles. The molecule has 0 aliphatic rings. The Morgan fingerprint density at radius 3 is 2.41 bits per heavy atom. The van der Waals surface area contributed by atoms with Gasteiger partial charge in [-0.05, 0) is 55.0 Å². The fourth-order valence-corrected chi connectivity index (χ4v) is 4.47. The van der Waals surface area contributed by atoms with Crippen molar-refractivity contribution in [1.29, 1.82) is 0 Å². The average molecular weight is 495 g/mol. The minimum absolute atomic E-state index is 0.0979. The van der Waals surface area contributed by atoms with Gasteiger partial charge >= 0.3 is 0 Å². The number of methoxy groups -OCH3 is 1. The highest BCUT2D eigenvalue weighted by atomic mass is 35.5. The summed E-state index contributed by atoms with van der Waals surface area (Å²) in [6.07, 6.45) is 0. The second-order valence-electron chi connectivity index (χ2n) is 9.00. The Morgan fingerprint density at radius 2 is 1.79 bits per heavy atom. The maximum Gasteiger partial charge on any atom is 0.234 e. The summed E-state index contributed by atoms with van der Waals surface area (Å²) in [5.41, 5.74) is 5.10. The number of rotatable bonds is 6. The highest BCUT2D eigenvalue weighted by molar-refractivity contribution is 7.99. The lowest BCUT2D eigenvalue weighted by atomic mass is 9.92. The number of halogens is 1. The van der Waals surface area contributed by atoms with Crippen molar-refractivity contribution in [2.45, 2.75) is 38.1 Å². The van der Waals surface area contributed by atoms with Gasteiger partial charge in [0, 0.05) is 21.7 Å². The van der Waals surface area contributed by atoms with E-state index in [2.05, 4.69) is 26.1 Å².